The molecule has 1 aromatic rings. The summed E-state index contributed by atoms with van der Waals surface area (Å²) in [6, 6.07) is 2.95. The SMILES string of the molecule is NC(=O)CC(=O)Nc1ccc(Cl)nc1Cl. The molecule has 0 aliphatic carbocycles. The van der Waals surface area contributed by atoms with E-state index in [1.54, 1.807) is 0 Å². The highest BCUT2D eigenvalue weighted by Crippen LogP contribution is 2.21. The molecule has 0 aromatic carbocycles. The summed E-state index contributed by atoms with van der Waals surface area (Å²) in [5.41, 5.74) is 5.12. The molecule has 0 saturated heterocycles. The van der Waals surface area contributed by atoms with Gasteiger partial charge >= 0.3 is 0 Å². The van der Waals surface area contributed by atoms with Crippen LogP contribution in [0.2, 0.25) is 10.3 Å². The van der Waals surface area contributed by atoms with E-state index in [-0.39, 0.29) is 16.0 Å². The number of rotatable bonds is 3. The lowest BCUT2D eigenvalue weighted by molar-refractivity contribution is -0.124. The van der Waals surface area contributed by atoms with Crippen LogP contribution in [0.1, 0.15) is 6.42 Å². The Morgan fingerprint density at radius 2 is 2.07 bits per heavy atom. The van der Waals surface area contributed by atoms with E-state index < -0.39 is 18.2 Å². The van der Waals surface area contributed by atoms with Crippen molar-refractivity contribution in [1.82, 2.24) is 4.98 Å². The number of nitrogens with zero attached hydrogens (tertiary/aromatic N) is 1. The van der Waals surface area contributed by atoms with Gasteiger partial charge in [-0.1, -0.05) is 23.2 Å². The number of amides is 2. The van der Waals surface area contributed by atoms with E-state index in [0.717, 1.165) is 0 Å². The number of nitrogens with two attached hydrogens (primary N) is 1. The summed E-state index contributed by atoms with van der Waals surface area (Å²) in [5, 5.41) is 2.65. The second-order valence-corrected chi connectivity index (χ2v) is 3.41. The van der Waals surface area contributed by atoms with Gasteiger partial charge in [0.1, 0.15) is 11.6 Å². The summed E-state index contributed by atoms with van der Waals surface area (Å²) in [5.74, 6) is -1.26. The fourth-order valence-electron chi connectivity index (χ4n) is 0.858. The Bertz CT molecular complexity index is 409. The van der Waals surface area contributed by atoms with E-state index >= 15 is 0 Å². The quantitative estimate of drug-likeness (QED) is 0.622. The Morgan fingerprint density at radius 1 is 1.40 bits per heavy atom. The van der Waals surface area contributed by atoms with Crippen LogP contribution in [0.5, 0.6) is 0 Å². The summed E-state index contributed by atoms with van der Waals surface area (Å²) >= 11 is 11.2. The van der Waals surface area contributed by atoms with Crippen LogP contribution in [0, 0.1) is 0 Å². The van der Waals surface area contributed by atoms with Crippen LogP contribution >= 0.6 is 23.2 Å². The lowest BCUT2D eigenvalue weighted by atomic mass is 10.3. The number of carbonyl (C=O) groups excluding carboxylic acids is 2. The maximum atomic E-state index is 11.1. The smallest absolute Gasteiger partial charge is 0.233 e. The molecule has 0 atom stereocenters. The van der Waals surface area contributed by atoms with E-state index in [9.17, 15) is 9.59 Å². The highest BCUT2D eigenvalue weighted by Gasteiger charge is 2.09. The van der Waals surface area contributed by atoms with Gasteiger partial charge in [-0.2, -0.15) is 0 Å². The van der Waals surface area contributed by atoms with E-state index in [1.165, 1.54) is 12.1 Å². The lowest BCUT2D eigenvalue weighted by Gasteiger charge is -2.05. The molecule has 5 nitrogen and oxygen atoms in total. The maximum absolute atomic E-state index is 11.1. The zero-order valence-corrected chi connectivity index (χ0v) is 8.97. The number of carbonyl (C=O) groups is 2. The van der Waals surface area contributed by atoms with Crippen molar-refractivity contribution in [2.24, 2.45) is 5.73 Å². The zero-order chi connectivity index (χ0) is 11.4. The molecule has 7 heteroatoms. The molecule has 2 amide bonds. The molecule has 0 fully saturated rings. The number of hydrogen-bond donors (Lipinski definition) is 2. The van der Waals surface area contributed by atoms with Crippen molar-refractivity contribution in [3.8, 4) is 0 Å². The minimum atomic E-state index is -0.717. The summed E-state index contributed by atoms with van der Waals surface area (Å²) in [6.45, 7) is 0. The first-order valence-corrected chi connectivity index (χ1v) is 4.65. The van der Waals surface area contributed by atoms with Crippen LogP contribution < -0.4 is 11.1 Å². The average molecular weight is 248 g/mol. The number of primary amides is 1. The molecule has 1 rings (SSSR count). The third-order valence-corrected chi connectivity index (χ3v) is 1.92. The minimum absolute atomic E-state index is 0.0559. The van der Waals surface area contributed by atoms with Crippen molar-refractivity contribution in [2.45, 2.75) is 6.42 Å². The van der Waals surface area contributed by atoms with Gasteiger partial charge in [0.2, 0.25) is 11.8 Å². The zero-order valence-electron chi connectivity index (χ0n) is 7.46. The Labute approximate surface area is 95.6 Å². The molecule has 0 aliphatic rings. The van der Waals surface area contributed by atoms with E-state index in [2.05, 4.69) is 10.3 Å². The van der Waals surface area contributed by atoms with Crippen LogP contribution in [-0.2, 0) is 9.59 Å². The van der Waals surface area contributed by atoms with Crippen molar-refractivity contribution in [3.05, 3.63) is 22.4 Å². The molecular formula is C8H7Cl2N3O2. The monoisotopic (exact) mass is 247 g/mol. The summed E-state index contributed by atoms with van der Waals surface area (Å²) in [4.78, 5) is 25.3. The molecule has 80 valence electrons. The predicted molar refractivity (Wildman–Crippen MR) is 56.7 cm³/mol. The maximum Gasteiger partial charge on any atom is 0.233 e. The minimum Gasteiger partial charge on any atom is -0.369 e. The molecule has 0 aliphatic heterocycles. The second-order valence-electron chi connectivity index (χ2n) is 2.66. The number of pyridine rings is 1. The van der Waals surface area contributed by atoms with Crippen LogP contribution in [-0.4, -0.2) is 16.8 Å². The molecule has 1 heterocycles. The van der Waals surface area contributed by atoms with Gasteiger partial charge in [0.05, 0.1) is 5.69 Å². The van der Waals surface area contributed by atoms with Crippen LogP contribution in [0.4, 0.5) is 5.69 Å². The summed E-state index contributed by atoms with van der Waals surface area (Å²) in [6.07, 6.45) is -0.404. The van der Waals surface area contributed by atoms with Crippen LogP contribution in [0.25, 0.3) is 0 Å². The van der Waals surface area contributed by atoms with Crippen LogP contribution in [0.15, 0.2) is 12.1 Å². The van der Waals surface area contributed by atoms with Gasteiger partial charge in [0, 0.05) is 0 Å². The Kier molecular flexibility index (Phi) is 3.88. The molecular weight excluding hydrogens is 241 g/mol. The number of halogens is 2. The number of hydrogen-bond acceptors (Lipinski definition) is 3. The molecule has 1 aromatic heterocycles. The fraction of sp³-hybridized carbons (Fsp3) is 0.125. The summed E-state index contributed by atoms with van der Waals surface area (Å²) in [7, 11) is 0. The van der Waals surface area contributed by atoms with E-state index in [4.69, 9.17) is 28.9 Å². The molecule has 3 N–H and O–H groups in total. The highest BCUT2D eigenvalue weighted by molar-refractivity contribution is 6.34. The van der Waals surface area contributed by atoms with Crippen molar-refractivity contribution in [1.29, 1.82) is 0 Å². The third-order valence-electron chi connectivity index (χ3n) is 1.42. The van der Waals surface area contributed by atoms with Crippen molar-refractivity contribution in [3.63, 3.8) is 0 Å². The molecule has 15 heavy (non-hydrogen) atoms. The fourth-order valence-corrected chi connectivity index (χ4v) is 1.25. The molecule has 0 spiro atoms. The summed E-state index contributed by atoms with van der Waals surface area (Å²) < 4.78 is 0. The second kappa shape index (κ2) is 4.95. The molecule has 0 radical (unpaired) electrons. The Hall–Kier alpha value is -1.33. The predicted octanol–water partition coefficient (Wildman–Crippen LogP) is 1.20. The van der Waals surface area contributed by atoms with Gasteiger partial charge in [-0.15, -0.1) is 0 Å². The lowest BCUT2D eigenvalue weighted by Crippen LogP contribution is -2.21. The van der Waals surface area contributed by atoms with Gasteiger partial charge in [-0.25, -0.2) is 4.98 Å². The van der Waals surface area contributed by atoms with Gasteiger partial charge in [-0.05, 0) is 12.1 Å². The molecule has 0 saturated carbocycles. The number of aromatic nitrogens is 1. The van der Waals surface area contributed by atoms with E-state index in [0.29, 0.717) is 0 Å². The first-order valence-electron chi connectivity index (χ1n) is 3.89. The average Bonchev–Trinajstić information content (AvgIpc) is 2.08. The van der Waals surface area contributed by atoms with Gasteiger partial charge in [0.15, 0.2) is 5.15 Å². The standard InChI is InChI=1S/C8H7Cl2N3O2/c9-5-2-1-4(8(10)13-5)12-7(15)3-6(11)14/h1-2H,3H2,(H2,11,14)(H,12,15). The van der Waals surface area contributed by atoms with Gasteiger partial charge < -0.3 is 11.1 Å². The Morgan fingerprint density at radius 3 is 2.60 bits per heavy atom. The topological polar surface area (TPSA) is 85.1 Å². The number of anilines is 1. The van der Waals surface area contributed by atoms with Crippen molar-refractivity contribution in [2.75, 3.05) is 5.32 Å². The van der Waals surface area contributed by atoms with Gasteiger partial charge in [0.25, 0.3) is 0 Å². The van der Waals surface area contributed by atoms with Crippen molar-refractivity contribution < 1.29 is 9.59 Å². The first kappa shape index (κ1) is 11.7. The highest BCUT2D eigenvalue weighted by atomic mass is 35.5. The molecule has 0 bridgehead atoms. The van der Waals surface area contributed by atoms with Crippen molar-refractivity contribution >= 4 is 40.7 Å². The largest absolute Gasteiger partial charge is 0.369 e. The van der Waals surface area contributed by atoms with Crippen LogP contribution in [0.3, 0.4) is 0 Å². The first-order chi connectivity index (χ1) is 6.99. The van der Waals surface area contributed by atoms with E-state index in [1.807, 2.05) is 0 Å². The molecule has 0 unspecified atom stereocenters. The van der Waals surface area contributed by atoms with Gasteiger partial charge in [-0.3, -0.25) is 9.59 Å². The normalized spacial score (nSPS) is 9.73. The number of nitrogens with one attached hydrogen (secondary N) is 1. The Balaban J connectivity index is 2.72. The third kappa shape index (κ3) is 3.73.